The third-order valence-corrected chi connectivity index (χ3v) is 3.17. The molecular weight excluding hydrogens is 300 g/mol. The Balaban J connectivity index is 0.000000253. The molecule has 1 aromatic rings. The highest BCUT2D eigenvalue weighted by molar-refractivity contribution is 5.13. The molecule has 1 fully saturated rings. The number of aliphatic hydroxyl groups is 2. The fourth-order valence-corrected chi connectivity index (χ4v) is 1.92. The third kappa shape index (κ3) is 9.65. The van der Waals surface area contributed by atoms with Crippen LogP contribution in [0.2, 0.25) is 0 Å². The Morgan fingerprint density at radius 3 is 2.48 bits per heavy atom. The van der Waals surface area contributed by atoms with Crippen molar-refractivity contribution in [3.63, 3.8) is 0 Å². The highest BCUT2D eigenvalue weighted by Gasteiger charge is 2.12. The summed E-state index contributed by atoms with van der Waals surface area (Å²) < 4.78 is 10.6. The second kappa shape index (κ2) is 13.4. The molecule has 1 saturated heterocycles. The van der Waals surface area contributed by atoms with E-state index in [9.17, 15) is 0 Å². The fourth-order valence-electron chi connectivity index (χ4n) is 1.92. The van der Waals surface area contributed by atoms with Gasteiger partial charge in [0.2, 0.25) is 0 Å². The zero-order valence-electron chi connectivity index (χ0n) is 13.7. The summed E-state index contributed by atoms with van der Waals surface area (Å²) in [5, 5.41) is 17.3. The Morgan fingerprint density at radius 1 is 1.17 bits per heavy atom. The summed E-state index contributed by atoms with van der Waals surface area (Å²) in [6, 6.07) is 9.50. The van der Waals surface area contributed by atoms with E-state index in [0.717, 1.165) is 25.2 Å². The molecular formula is C17H28O6. The van der Waals surface area contributed by atoms with E-state index < -0.39 is 6.10 Å². The van der Waals surface area contributed by atoms with Gasteiger partial charge in [0, 0.05) is 13.2 Å². The normalized spacial score (nSPS) is 17.7. The molecule has 6 heteroatoms. The highest BCUT2D eigenvalue weighted by atomic mass is 17.2. The predicted molar refractivity (Wildman–Crippen MR) is 85.5 cm³/mol. The molecule has 0 amide bonds. The van der Waals surface area contributed by atoms with Crippen molar-refractivity contribution in [2.75, 3.05) is 26.4 Å². The molecule has 0 spiro atoms. The van der Waals surface area contributed by atoms with Crippen molar-refractivity contribution < 1.29 is 29.5 Å². The van der Waals surface area contributed by atoms with Crippen molar-refractivity contribution in [2.24, 2.45) is 0 Å². The Labute approximate surface area is 137 Å². The largest absolute Gasteiger partial charge is 0.393 e. The standard InChI is InChI=1S/C10H14O4.C7H14O2/c11-6-10(7-12)14-13-8-9-4-2-1-3-5-9;1-2-8-7-5-3-4-6-9-7/h1-5,10-12H,6-8H2;7H,2-6H2,1H3. The van der Waals surface area contributed by atoms with Crippen LogP contribution in [0.4, 0.5) is 0 Å². The van der Waals surface area contributed by atoms with Crippen LogP contribution in [-0.4, -0.2) is 49.0 Å². The van der Waals surface area contributed by atoms with Crippen molar-refractivity contribution >= 4 is 0 Å². The van der Waals surface area contributed by atoms with Crippen LogP contribution < -0.4 is 0 Å². The Kier molecular flexibility index (Phi) is 11.7. The maximum atomic E-state index is 8.66. The van der Waals surface area contributed by atoms with E-state index in [4.69, 9.17) is 29.5 Å². The van der Waals surface area contributed by atoms with E-state index in [2.05, 4.69) is 0 Å². The fraction of sp³-hybridized carbons (Fsp3) is 0.647. The van der Waals surface area contributed by atoms with Crippen molar-refractivity contribution in [3.8, 4) is 0 Å². The van der Waals surface area contributed by atoms with Crippen molar-refractivity contribution in [2.45, 2.75) is 45.2 Å². The maximum Gasteiger partial charge on any atom is 0.157 e. The lowest BCUT2D eigenvalue weighted by Gasteiger charge is -2.21. The van der Waals surface area contributed by atoms with Gasteiger partial charge < -0.3 is 19.7 Å². The van der Waals surface area contributed by atoms with Crippen LogP contribution in [0.1, 0.15) is 31.7 Å². The summed E-state index contributed by atoms with van der Waals surface area (Å²) in [5.41, 5.74) is 0.974. The van der Waals surface area contributed by atoms with Gasteiger partial charge in [0.15, 0.2) is 6.29 Å². The van der Waals surface area contributed by atoms with Crippen molar-refractivity contribution in [1.29, 1.82) is 0 Å². The molecule has 0 aromatic heterocycles. The molecule has 2 rings (SSSR count). The molecule has 2 N–H and O–H groups in total. The number of aliphatic hydroxyl groups excluding tert-OH is 2. The lowest BCUT2D eigenvalue weighted by atomic mass is 10.2. The molecule has 0 radical (unpaired) electrons. The summed E-state index contributed by atoms with van der Waals surface area (Å²) in [6.07, 6.45) is 2.96. The Morgan fingerprint density at radius 2 is 1.91 bits per heavy atom. The minimum atomic E-state index is -0.668. The molecule has 1 aliphatic rings. The van der Waals surface area contributed by atoms with Gasteiger partial charge in [-0.15, -0.1) is 0 Å². The lowest BCUT2D eigenvalue weighted by molar-refractivity contribution is -0.341. The van der Waals surface area contributed by atoms with Gasteiger partial charge in [-0.1, -0.05) is 30.3 Å². The first-order valence-corrected chi connectivity index (χ1v) is 8.07. The second-order valence-corrected chi connectivity index (χ2v) is 5.08. The van der Waals surface area contributed by atoms with E-state index in [0.29, 0.717) is 6.61 Å². The maximum absolute atomic E-state index is 8.66. The van der Waals surface area contributed by atoms with Gasteiger partial charge in [0.05, 0.1) is 13.2 Å². The summed E-state index contributed by atoms with van der Waals surface area (Å²) in [6.45, 7) is 3.43. The quantitative estimate of drug-likeness (QED) is 0.562. The molecule has 23 heavy (non-hydrogen) atoms. The van der Waals surface area contributed by atoms with Crippen LogP contribution in [-0.2, 0) is 25.9 Å². The highest BCUT2D eigenvalue weighted by Crippen LogP contribution is 2.12. The Hall–Kier alpha value is -1.02. The van der Waals surface area contributed by atoms with Crippen LogP contribution in [0.5, 0.6) is 0 Å². The van der Waals surface area contributed by atoms with E-state index in [1.54, 1.807) is 0 Å². The van der Waals surface area contributed by atoms with Crippen LogP contribution >= 0.6 is 0 Å². The van der Waals surface area contributed by atoms with E-state index in [1.807, 2.05) is 37.3 Å². The molecule has 0 aliphatic carbocycles. The van der Waals surface area contributed by atoms with E-state index >= 15 is 0 Å². The van der Waals surface area contributed by atoms with Crippen molar-refractivity contribution in [3.05, 3.63) is 35.9 Å². The lowest BCUT2D eigenvalue weighted by Crippen LogP contribution is -2.22. The first kappa shape index (κ1) is 20.0. The van der Waals surface area contributed by atoms with Crippen LogP contribution in [0, 0.1) is 0 Å². The van der Waals surface area contributed by atoms with Gasteiger partial charge in [-0.3, -0.25) is 0 Å². The van der Waals surface area contributed by atoms with E-state index in [-0.39, 0.29) is 19.5 Å². The molecule has 1 unspecified atom stereocenters. The zero-order chi connectivity index (χ0) is 16.8. The van der Waals surface area contributed by atoms with Gasteiger partial charge >= 0.3 is 0 Å². The minimum Gasteiger partial charge on any atom is -0.393 e. The van der Waals surface area contributed by atoms with Gasteiger partial charge in [-0.05, 0) is 31.7 Å². The zero-order valence-corrected chi connectivity index (χ0v) is 13.7. The SMILES string of the molecule is CCOC1CCCCO1.OCC(CO)OOCc1ccccc1. The number of hydrogen-bond acceptors (Lipinski definition) is 6. The second-order valence-electron chi connectivity index (χ2n) is 5.08. The molecule has 0 bridgehead atoms. The smallest absolute Gasteiger partial charge is 0.157 e. The van der Waals surface area contributed by atoms with Gasteiger partial charge in [0.25, 0.3) is 0 Å². The summed E-state index contributed by atoms with van der Waals surface area (Å²) in [7, 11) is 0. The number of benzene rings is 1. The van der Waals surface area contributed by atoms with Gasteiger partial charge in [0.1, 0.15) is 12.7 Å². The average Bonchev–Trinajstić information content (AvgIpc) is 2.61. The molecule has 0 saturated carbocycles. The first-order valence-electron chi connectivity index (χ1n) is 8.07. The molecule has 1 heterocycles. The number of rotatable bonds is 8. The molecule has 132 valence electrons. The summed E-state index contributed by atoms with van der Waals surface area (Å²) in [5.74, 6) is 0. The minimum absolute atomic E-state index is 0.101. The van der Waals surface area contributed by atoms with Gasteiger partial charge in [-0.2, -0.15) is 0 Å². The monoisotopic (exact) mass is 328 g/mol. The third-order valence-electron chi connectivity index (χ3n) is 3.17. The van der Waals surface area contributed by atoms with E-state index in [1.165, 1.54) is 12.8 Å². The topological polar surface area (TPSA) is 77.4 Å². The molecule has 1 atom stereocenters. The van der Waals surface area contributed by atoms with Gasteiger partial charge in [-0.25, -0.2) is 9.78 Å². The average molecular weight is 328 g/mol. The van der Waals surface area contributed by atoms with Crippen LogP contribution in [0.25, 0.3) is 0 Å². The summed E-state index contributed by atoms with van der Waals surface area (Å²) in [4.78, 5) is 9.59. The number of ether oxygens (including phenoxy) is 2. The molecule has 1 aliphatic heterocycles. The predicted octanol–water partition coefficient (Wildman–Crippen LogP) is 2.04. The Bertz CT molecular complexity index is 360. The number of hydrogen-bond donors (Lipinski definition) is 2. The van der Waals surface area contributed by atoms with Crippen molar-refractivity contribution in [1.82, 2.24) is 0 Å². The van der Waals surface area contributed by atoms with Crippen LogP contribution in [0.3, 0.4) is 0 Å². The molecule has 1 aromatic carbocycles. The van der Waals surface area contributed by atoms with Crippen LogP contribution in [0.15, 0.2) is 30.3 Å². The first-order chi connectivity index (χ1) is 11.3. The summed E-state index contributed by atoms with van der Waals surface area (Å²) >= 11 is 0. The molecule has 6 nitrogen and oxygen atoms in total.